The van der Waals surface area contributed by atoms with Gasteiger partial charge in [0.05, 0.1) is 16.3 Å². The molecular formula is C13H10FN3O2S. The summed E-state index contributed by atoms with van der Waals surface area (Å²) in [7, 11) is 0. The van der Waals surface area contributed by atoms with Gasteiger partial charge in [0.1, 0.15) is 0 Å². The van der Waals surface area contributed by atoms with Crippen LogP contribution < -0.4 is 4.72 Å². The monoisotopic (exact) mass is 291 g/mol. The van der Waals surface area contributed by atoms with Gasteiger partial charge < -0.3 is 4.72 Å². The minimum Gasteiger partial charge on any atom is -0.302 e. The second kappa shape index (κ2) is 6.16. The first-order valence-corrected chi connectivity index (χ1v) is 6.31. The fraction of sp³-hybridized carbons (Fsp3) is 0. The lowest BCUT2D eigenvalue weighted by Crippen LogP contribution is -2.05. The Kier molecular flexibility index (Phi) is 4.31. The van der Waals surface area contributed by atoms with E-state index in [9.17, 15) is 14.0 Å². The molecule has 0 saturated heterocycles. The average molecular weight is 291 g/mol. The summed E-state index contributed by atoms with van der Waals surface area (Å²) in [6, 6.07) is 12.7. The maximum absolute atomic E-state index is 12.4. The minimum absolute atomic E-state index is 0.0888. The molecule has 20 heavy (non-hydrogen) atoms. The quantitative estimate of drug-likeness (QED) is 0.378. The Morgan fingerprint density at radius 1 is 1.25 bits per heavy atom. The summed E-state index contributed by atoms with van der Waals surface area (Å²) in [5.41, 5.74) is 1.13. The number of rotatable bonds is 5. The molecule has 0 aliphatic rings. The molecule has 0 fully saturated rings. The number of halogens is 1. The summed E-state index contributed by atoms with van der Waals surface area (Å²) < 4.78 is 14.8. The molecule has 0 heterocycles. The van der Waals surface area contributed by atoms with Crippen molar-refractivity contribution in [3.05, 3.63) is 69.8 Å². The zero-order valence-electron chi connectivity index (χ0n) is 10.2. The number of nitrogens with one attached hydrogen (secondary N) is 2. The number of nitro groups is 1. The van der Waals surface area contributed by atoms with E-state index in [2.05, 4.69) is 4.72 Å². The smallest absolute Gasteiger partial charge is 0.270 e. The fourth-order valence-corrected chi connectivity index (χ4v) is 2.00. The lowest BCUT2D eigenvalue weighted by molar-refractivity contribution is -0.384. The fourth-order valence-electron chi connectivity index (χ4n) is 1.74. The molecule has 2 aromatic rings. The van der Waals surface area contributed by atoms with Crippen molar-refractivity contribution in [2.75, 3.05) is 4.72 Å². The molecule has 102 valence electrons. The molecule has 5 nitrogen and oxygen atoms in total. The Morgan fingerprint density at radius 3 is 2.55 bits per heavy atom. The van der Waals surface area contributed by atoms with E-state index in [1.165, 1.54) is 18.2 Å². The molecule has 0 aromatic heterocycles. The molecule has 2 rings (SSSR count). The van der Waals surface area contributed by atoms with Crippen LogP contribution in [0.2, 0.25) is 0 Å². The summed E-state index contributed by atoms with van der Waals surface area (Å²) in [6.45, 7) is 0. The summed E-state index contributed by atoms with van der Waals surface area (Å²) in [5, 5.41) is 19.0. The van der Waals surface area contributed by atoms with Gasteiger partial charge >= 0.3 is 0 Å². The highest BCUT2D eigenvalue weighted by Gasteiger charge is 2.15. The van der Waals surface area contributed by atoms with Crippen LogP contribution in [0.4, 0.5) is 15.3 Å². The number of benzene rings is 2. The van der Waals surface area contributed by atoms with E-state index in [1.807, 2.05) is 0 Å². The topological polar surface area (TPSA) is 79.0 Å². The van der Waals surface area contributed by atoms with E-state index in [-0.39, 0.29) is 29.3 Å². The van der Waals surface area contributed by atoms with Crippen molar-refractivity contribution in [1.29, 1.82) is 5.41 Å². The predicted molar refractivity (Wildman–Crippen MR) is 77.8 cm³/mol. The third-order valence-corrected chi connectivity index (χ3v) is 2.99. The molecule has 0 unspecified atom stereocenters. The van der Waals surface area contributed by atoms with Crippen LogP contribution in [0.5, 0.6) is 0 Å². The largest absolute Gasteiger partial charge is 0.302 e. The van der Waals surface area contributed by atoms with E-state index in [0.717, 1.165) is 0 Å². The van der Waals surface area contributed by atoms with Gasteiger partial charge in [0.2, 0.25) is 0 Å². The molecule has 0 aliphatic heterocycles. The third-order valence-electron chi connectivity index (χ3n) is 2.69. The number of nitrogens with zero attached hydrogens (tertiary/aromatic N) is 1. The molecule has 0 aliphatic carbocycles. The van der Waals surface area contributed by atoms with Crippen LogP contribution in [0.25, 0.3) is 0 Å². The maximum atomic E-state index is 12.4. The van der Waals surface area contributed by atoms with E-state index >= 15 is 0 Å². The predicted octanol–water partition coefficient (Wildman–Crippen LogP) is 3.96. The summed E-state index contributed by atoms with van der Waals surface area (Å²) in [4.78, 5) is 10.3. The Hall–Kier alpha value is -2.41. The Labute approximate surface area is 118 Å². The van der Waals surface area contributed by atoms with Gasteiger partial charge in [0.15, 0.2) is 12.3 Å². The second-order valence-corrected chi connectivity index (χ2v) is 4.27. The zero-order chi connectivity index (χ0) is 14.5. The van der Waals surface area contributed by atoms with Gasteiger partial charge in [-0.25, -0.2) is 0 Å². The molecule has 0 radical (unpaired) electrons. The van der Waals surface area contributed by atoms with Crippen molar-refractivity contribution < 1.29 is 8.81 Å². The van der Waals surface area contributed by atoms with Gasteiger partial charge in [-0.2, -0.15) is 0 Å². The second-order valence-electron chi connectivity index (χ2n) is 3.91. The van der Waals surface area contributed by atoms with Gasteiger partial charge in [-0.1, -0.05) is 30.3 Å². The van der Waals surface area contributed by atoms with Crippen LogP contribution in [0, 0.1) is 15.5 Å². The molecule has 7 heteroatoms. The van der Waals surface area contributed by atoms with Crippen molar-refractivity contribution in [1.82, 2.24) is 0 Å². The van der Waals surface area contributed by atoms with Crippen molar-refractivity contribution in [2.24, 2.45) is 0 Å². The molecule has 0 spiro atoms. The van der Waals surface area contributed by atoms with Crippen LogP contribution in [0.15, 0.2) is 48.5 Å². The Bertz CT molecular complexity index is 649. The van der Waals surface area contributed by atoms with E-state index in [1.54, 1.807) is 30.3 Å². The first-order valence-electron chi connectivity index (χ1n) is 5.60. The highest BCUT2D eigenvalue weighted by molar-refractivity contribution is 7.95. The zero-order valence-corrected chi connectivity index (χ0v) is 11.0. The molecule has 0 atom stereocenters. The van der Waals surface area contributed by atoms with Gasteiger partial charge in [-0.15, -0.1) is 3.89 Å². The number of nitro benzene ring substituents is 1. The summed E-state index contributed by atoms with van der Waals surface area (Å²) >= 11 is -0.121. The van der Waals surface area contributed by atoms with Crippen molar-refractivity contribution in [2.45, 2.75) is 0 Å². The molecule has 0 amide bonds. The van der Waals surface area contributed by atoms with Crippen molar-refractivity contribution in [3.63, 3.8) is 0 Å². The molecule has 2 aromatic carbocycles. The Morgan fingerprint density at radius 2 is 1.95 bits per heavy atom. The van der Waals surface area contributed by atoms with Crippen LogP contribution in [0.1, 0.15) is 11.1 Å². The Balaban J connectivity index is 2.49. The van der Waals surface area contributed by atoms with Crippen LogP contribution >= 0.6 is 12.3 Å². The van der Waals surface area contributed by atoms with Crippen molar-refractivity contribution >= 4 is 29.4 Å². The SMILES string of the molecule is N=C(c1ccccc1)c1cc([N+](=O)[O-])ccc1NSF. The van der Waals surface area contributed by atoms with Crippen LogP contribution in [-0.4, -0.2) is 10.6 Å². The van der Waals surface area contributed by atoms with Crippen molar-refractivity contribution in [3.8, 4) is 0 Å². The lowest BCUT2D eigenvalue weighted by Gasteiger charge is -2.10. The van der Waals surface area contributed by atoms with E-state index in [0.29, 0.717) is 11.3 Å². The average Bonchev–Trinajstić information content (AvgIpc) is 2.48. The van der Waals surface area contributed by atoms with Crippen LogP contribution in [-0.2, 0) is 0 Å². The first-order chi connectivity index (χ1) is 9.63. The highest BCUT2D eigenvalue weighted by Crippen LogP contribution is 2.26. The molecule has 0 saturated carbocycles. The standard InChI is InChI=1S/C13H10FN3O2S/c14-20-16-12-7-6-10(17(18)19)8-11(12)13(15)9-4-2-1-3-5-9/h1-8,15-16H. The molecular weight excluding hydrogens is 281 g/mol. The number of hydrogen-bond acceptors (Lipinski definition) is 5. The highest BCUT2D eigenvalue weighted by atomic mass is 32.2. The summed E-state index contributed by atoms with van der Waals surface area (Å²) in [6.07, 6.45) is 0. The van der Waals surface area contributed by atoms with Gasteiger partial charge in [0, 0.05) is 23.3 Å². The maximum Gasteiger partial charge on any atom is 0.270 e. The summed E-state index contributed by atoms with van der Waals surface area (Å²) in [5.74, 6) is 0. The molecule has 0 bridgehead atoms. The van der Waals surface area contributed by atoms with Gasteiger partial charge in [-0.3, -0.25) is 15.5 Å². The lowest BCUT2D eigenvalue weighted by atomic mass is 10.0. The van der Waals surface area contributed by atoms with E-state index < -0.39 is 4.92 Å². The van der Waals surface area contributed by atoms with Gasteiger partial charge in [0.25, 0.3) is 5.69 Å². The normalized spacial score (nSPS) is 10.1. The van der Waals surface area contributed by atoms with Gasteiger partial charge in [-0.05, 0) is 6.07 Å². The minimum atomic E-state index is -0.547. The third kappa shape index (κ3) is 2.94. The first kappa shape index (κ1) is 14.0. The number of anilines is 1. The number of non-ortho nitro benzene ring substituents is 1. The van der Waals surface area contributed by atoms with E-state index in [4.69, 9.17) is 5.41 Å². The molecule has 2 N–H and O–H groups in total. The van der Waals surface area contributed by atoms with Crippen LogP contribution in [0.3, 0.4) is 0 Å². The number of hydrogen-bond donors (Lipinski definition) is 2.